The van der Waals surface area contributed by atoms with E-state index in [-0.39, 0.29) is 5.78 Å². The Kier molecular flexibility index (Phi) is 3.38. The van der Waals surface area contributed by atoms with Gasteiger partial charge < -0.3 is 0 Å². The van der Waals surface area contributed by atoms with Crippen LogP contribution in [0, 0.1) is 6.92 Å². The van der Waals surface area contributed by atoms with Gasteiger partial charge in [-0.05, 0) is 18.6 Å². The first-order valence-electron chi connectivity index (χ1n) is 5.70. The lowest BCUT2D eigenvalue weighted by Gasteiger charge is -2.02. The third-order valence-corrected chi connectivity index (χ3v) is 2.72. The van der Waals surface area contributed by atoms with Gasteiger partial charge in [0.05, 0.1) is 5.69 Å². The van der Waals surface area contributed by atoms with E-state index in [0.29, 0.717) is 12.8 Å². The number of rotatable bonds is 4. The van der Waals surface area contributed by atoms with Crippen molar-refractivity contribution in [3.63, 3.8) is 0 Å². The molecule has 0 radical (unpaired) electrons. The van der Waals surface area contributed by atoms with Crippen LogP contribution in [0.15, 0.2) is 36.4 Å². The molecule has 88 valence electrons. The molecule has 2 aromatic rings. The predicted octanol–water partition coefficient (Wildman–Crippen LogP) is 2.08. The summed E-state index contributed by atoms with van der Waals surface area (Å²) in [5.74, 6) is 0.221. The summed E-state index contributed by atoms with van der Waals surface area (Å²) in [5.41, 5.74) is 3.00. The van der Waals surface area contributed by atoms with Crippen LogP contribution in [-0.4, -0.2) is 15.6 Å². The van der Waals surface area contributed by atoms with Gasteiger partial charge in [-0.15, -0.1) is 0 Å². The molecule has 0 amide bonds. The average molecular weight is 228 g/mol. The molecule has 0 saturated carbocycles. The van der Waals surface area contributed by atoms with Crippen LogP contribution in [-0.2, 0) is 24.7 Å². The fraction of sp³-hybridized carbons (Fsp3) is 0.286. The number of benzene rings is 1. The lowest BCUT2D eigenvalue weighted by molar-refractivity contribution is -0.117. The summed E-state index contributed by atoms with van der Waals surface area (Å²) in [6.07, 6.45) is 0.942. The topological polar surface area (TPSA) is 34.9 Å². The summed E-state index contributed by atoms with van der Waals surface area (Å²) >= 11 is 0. The molecule has 3 heteroatoms. The second-order valence-corrected chi connectivity index (χ2v) is 4.28. The Morgan fingerprint density at radius 1 is 1.24 bits per heavy atom. The highest BCUT2D eigenvalue weighted by atomic mass is 16.1. The predicted molar refractivity (Wildman–Crippen MR) is 66.8 cm³/mol. The van der Waals surface area contributed by atoms with Gasteiger partial charge in [0, 0.05) is 25.6 Å². The molecule has 0 N–H and O–H groups in total. The molecule has 0 fully saturated rings. The maximum absolute atomic E-state index is 11.9. The van der Waals surface area contributed by atoms with Gasteiger partial charge in [0.1, 0.15) is 5.78 Å². The van der Waals surface area contributed by atoms with Crippen molar-refractivity contribution >= 4 is 5.78 Å². The van der Waals surface area contributed by atoms with Crippen LogP contribution < -0.4 is 0 Å². The Morgan fingerprint density at radius 2 is 1.94 bits per heavy atom. The van der Waals surface area contributed by atoms with Gasteiger partial charge in [-0.25, -0.2) is 0 Å². The van der Waals surface area contributed by atoms with Gasteiger partial charge in [0.25, 0.3) is 0 Å². The van der Waals surface area contributed by atoms with Gasteiger partial charge in [-0.1, -0.05) is 30.3 Å². The quantitative estimate of drug-likeness (QED) is 0.803. The van der Waals surface area contributed by atoms with Crippen molar-refractivity contribution in [2.24, 2.45) is 7.05 Å². The Hall–Kier alpha value is -1.90. The van der Waals surface area contributed by atoms with Gasteiger partial charge in [-0.3, -0.25) is 9.48 Å². The Balaban J connectivity index is 2.01. The van der Waals surface area contributed by atoms with Crippen LogP contribution in [0.2, 0.25) is 0 Å². The smallest absolute Gasteiger partial charge is 0.143 e. The zero-order valence-electron chi connectivity index (χ0n) is 10.2. The minimum absolute atomic E-state index is 0.221. The first kappa shape index (κ1) is 11.6. The highest BCUT2D eigenvalue weighted by Gasteiger charge is 2.09. The lowest BCUT2D eigenvalue weighted by Crippen LogP contribution is -2.09. The molecule has 2 rings (SSSR count). The number of ketones is 1. The number of Topliss-reactive ketones (excluding diaryl/α,β-unsaturated/α-hetero) is 1. The highest BCUT2D eigenvalue weighted by molar-refractivity contribution is 5.82. The zero-order valence-corrected chi connectivity index (χ0v) is 10.2. The van der Waals surface area contributed by atoms with Gasteiger partial charge in [-0.2, -0.15) is 5.10 Å². The normalized spacial score (nSPS) is 10.5. The van der Waals surface area contributed by atoms with Crippen LogP contribution >= 0.6 is 0 Å². The van der Waals surface area contributed by atoms with Crippen molar-refractivity contribution < 1.29 is 4.79 Å². The van der Waals surface area contributed by atoms with E-state index < -0.39 is 0 Å². The number of aryl methyl sites for hydroxylation is 2. The van der Waals surface area contributed by atoms with Crippen molar-refractivity contribution in [1.29, 1.82) is 0 Å². The number of hydrogen-bond donors (Lipinski definition) is 0. The monoisotopic (exact) mass is 228 g/mol. The van der Waals surface area contributed by atoms with E-state index in [9.17, 15) is 4.79 Å². The number of carbonyl (C=O) groups is 1. The molecule has 0 spiro atoms. The molecular weight excluding hydrogens is 212 g/mol. The second kappa shape index (κ2) is 4.95. The molecule has 0 saturated heterocycles. The maximum Gasteiger partial charge on any atom is 0.143 e. The third-order valence-electron chi connectivity index (χ3n) is 2.72. The van der Waals surface area contributed by atoms with Crippen molar-refractivity contribution in [3.05, 3.63) is 53.3 Å². The molecule has 0 unspecified atom stereocenters. The van der Waals surface area contributed by atoms with Crippen molar-refractivity contribution in [1.82, 2.24) is 9.78 Å². The van der Waals surface area contributed by atoms with Crippen LogP contribution in [0.3, 0.4) is 0 Å². The molecule has 1 aromatic heterocycles. The molecule has 1 aromatic carbocycles. The van der Waals surface area contributed by atoms with E-state index >= 15 is 0 Å². The SMILES string of the molecule is Cc1cc(CC(=O)Cc2ccccc2)n(C)n1. The summed E-state index contributed by atoms with van der Waals surface area (Å²) < 4.78 is 1.78. The average Bonchev–Trinajstić information content (AvgIpc) is 2.58. The third kappa shape index (κ3) is 3.03. The Morgan fingerprint density at radius 3 is 2.53 bits per heavy atom. The molecule has 3 nitrogen and oxygen atoms in total. The summed E-state index contributed by atoms with van der Waals surface area (Å²) in [4.78, 5) is 11.9. The Labute approximate surface area is 101 Å². The number of carbonyl (C=O) groups excluding carboxylic acids is 1. The van der Waals surface area contributed by atoms with Crippen LogP contribution in [0.4, 0.5) is 0 Å². The summed E-state index contributed by atoms with van der Waals surface area (Å²) in [6.45, 7) is 1.94. The summed E-state index contributed by atoms with van der Waals surface area (Å²) in [5, 5.41) is 4.24. The van der Waals surface area contributed by atoms with Crippen LogP contribution in [0.1, 0.15) is 17.0 Å². The first-order valence-corrected chi connectivity index (χ1v) is 5.70. The van der Waals surface area contributed by atoms with Crippen LogP contribution in [0.5, 0.6) is 0 Å². The lowest BCUT2D eigenvalue weighted by atomic mass is 10.1. The molecule has 0 bridgehead atoms. The zero-order chi connectivity index (χ0) is 12.3. The van der Waals surface area contributed by atoms with E-state index in [0.717, 1.165) is 17.0 Å². The summed E-state index contributed by atoms with van der Waals surface area (Å²) in [7, 11) is 1.87. The molecule has 1 heterocycles. The Bertz CT molecular complexity index is 514. The van der Waals surface area contributed by atoms with Gasteiger partial charge in [0.15, 0.2) is 0 Å². The molecule has 17 heavy (non-hydrogen) atoms. The molecule has 0 aliphatic rings. The molecule has 0 aliphatic heterocycles. The minimum Gasteiger partial charge on any atom is -0.299 e. The molecule has 0 atom stereocenters. The van der Waals surface area contributed by atoms with Gasteiger partial charge >= 0.3 is 0 Å². The molecule has 0 aliphatic carbocycles. The fourth-order valence-corrected chi connectivity index (χ4v) is 1.92. The van der Waals surface area contributed by atoms with E-state index in [1.54, 1.807) is 4.68 Å². The highest BCUT2D eigenvalue weighted by Crippen LogP contribution is 2.06. The number of hydrogen-bond acceptors (Lipinski definition) is 2. The van der Waals surface area contributed by atoms with E-state index in [1.165, 1.54) is 0 Å². The summed E-state index contributed by atoms with van der Waals surface area (Å²) in [6, 6.07) is 11.8. The molecular formula is C14H16N2O. The fourth-order valence-electron chi connectivity index (χ4n) is 1.92. The van der Waals surface area contributed by atoms with E-state index in [4.69, 9.17) is 0 Å². The van der Waals surface area contributed by atoms with Gasteiger partial charge in [0.2, 0.25) is 0 Å². The standard InChI is InChI=1S/C14H16N2O/c1-11-8-13(16(2)15-11)10-14(17)9-12-6-4-3-5-7-12/h3-8H,9-10H2,1-2H3. The largest absolute Gasteiger partial charge is 0.299 e. The van der Waals surface area contributed by atoms with Crippen molar-refractivity contribution in [2.45, 2.75) is 19.8 Å². The first-order chi connectivity index (χ1) is 8.15. The van der Waals surface area contributed by atoms with E-state index in [1.807, 2.05) is 50.4 Å². The van der Waals surface area contributed by atoms with Crippen molar-refractivity contribution in [2.75, 3.05) is 0 Å². The van der Waals surface area contributed by atoms with Crippen molar-refractivity contribution in [3.8, 4) is 0 Å². The van der Waals surface area contributed by atoms with Crippen LogP contribution in [0.25, 0.3) is 0 Å². The van der Waals surface area contributed by atoms with E-state index in [2.05, 4.69) is 5.10 Å². The number of nitrogens with zero attached hydrogens (tertiary/aromatic N) is 2. The number of aromatic nitrogens is 2. The second-order valence-electron chi connectivity index (χ2n) is 4.28. The maximum atomic E-state index is 11.9. The minimum atomic E-state index is 0.221.